The first-order valence-corrected chi connectivity index (χ1v) is 8.06. The highest BCUT2D eigenvalue weighted by atomic mass is 16.5. The third-order valence-electron chi connectivity index (χ3n) is 4.21. The number of amides is 2. The summed E-state index contributed by atoms with van der Waals surface area (Å²) in [7, 11) is 3.47. The van der Waals surface area contributed by atoms with Gasteiger partial charge in [0.05, 0.1) is 19.3 Å². The van der Waals surface area contributed by atoms with Crippen molar-refractivity contribution in [1.29, 1.82) is 0 Å². The molecule has 1 atom stereocenters. The zero-order chi connectivity index (χ0) is 17.5. The van der Waals surface area contributed by atoms with E-state index in [-0.39, 0.29) is 12.1 Å². The van der Waals surface area contributed by atoms with Crippen molar-refractivity contribution in [3.8, 4) is 5.75 Å². The fraction of sp³-hybridized carbons (Fsp3) is 0.368. The molecule has 0 aliphatic carbocycles. The van der Waals surface area contributed by atoms with Gasteiger partial charge in [-0.1, -0.05) is 24.3 Å². The number of nitrogens with zero attached hydrogens (tertiary/aromatic N) is 2. The average molecular weight is 327 g/mol. The SMILES string of the molecule is COc1ccccc1CC(C)N(C)C(=O)NCc1ncccc1C. The van der Waals surface area contributed by atoms with Crippen LogP contribution in [0.15, 0.2) is 42.6 Å². The average Bonchev–Trinajstić information content (AvgIpc) is 2.60. The Morgan fingerprint density at radius 1 is 1.29 bits per heavy atom. The number of methoxy groups -OCH3 is 1. The molecule has 0 bridgehead atoms. The van der Waals surface area contributed by atoms with Gasteiger partial charge in [0.1, 0.15) is 5.75 Å². The van der Waals surface area contributed by atoms with E-state index in [1.807, 2.05) is 50.2 Å². The molecule has 2 rings (SSSR count). The number of likely N-dealkylation sites (N-methyl/N-ethyl adjacent to an activating group) is 1. The lowest BCUT2D eigenvalue weighted by atomic mass is 10.1. The molecule has 0 saturated heterocycles. The molecule has 1 aromatic carbocycles. The molecule has 0 radical (unpaired) electrons. The maximum Gasteiger partial charge on any atom is 0.317 e. The Hall–Kier alpha value is -2.56. The standard InChI is InChI=1S/C19H25N3O2/c1-14-8-7-11-20-17(14)13-21-19(23)22(3)15(2)12-16-9-5-6-10-18(16)24-4/h5-11,15H,12-13H2,1-4H3,(H,21,23). The molecule has 24 heavy (non-hydrogen) atoms. The van der Waals surface area contributed by atoms with E-state index >= 15 is 0 Å². The second-order valence-corrected chi connectivity index (χ2v) is 5.90. The molecule has 1 aromatic heterocycles. The third-order valence-corrected chi connectivity index (χ3v) is 4.21. The Balaban J connectivity index is 1.93. The number of urea groups is 1. The van der Waals surface area contributed by atoms with Crippen molar-refractivity contribution in [3.63, 3.8) is 0 Å². The van der Waals surface area contributed by atoms with Gasteiger partial charge in [-0.25, -0.2) is 4.79 Å². The number of aryl methyl sites for hydroxylation is 1. The Morgan fingerprint density at radius 3 is 2.75 bits per heavy atom. The Bertz CT molecular complexity index is 688. The summed E-state index contributed by atoms with van der Waals surface area (Å²) in [6.45, 7) is 4.44. The minimum atomic E-state index is -0.109. The molecular formula is C19H25N3O2. The van der Waals surface area contributed by atoms with Gasteiger partial charge in [-0.2, -0.15) is 0 Å². The van der Waals surface area contributed by atoms with E-state index < -0.39 is 0 Å². The van der Waals surface area contributed by atoms with Crippen LogP contribution < -0.4 is 10.1 Å². The van der Waals surface area contributed by atoms with Crippen LogP contribution in [0.1, 0.15) is 23.7 Å². The predicted octanol–water partition coefficient (Wildman–Crippen LogP) is 3.17. The van der Waals surface area contributed by atoms with E-state index in [1.54, 1.807) is 25.3 Å². The van der Waals surface area contributed by atoms with E-state index in [0.29, 0.717) is 6.54 Å². The number of pyridine rings is 1. The van der Waals surface area contributed by atoms with Crippen molar-refractivity contribution in [3.05, 3.63) is 59.4 Å². The quantitative estimate of drug-likeness (QED) is 0.886. The number of hydrogen-bond donors (Lipinski definition) is 1. The monoisotopic (exact) mass is 327 g/mol. The zero-order valence-corrected chi connectivity index (χ0v) is 14.7. The first-order valence-electron chi connectivity index (χ1n) is 8.06. The highest BCUT2D eigenvalue weighted by molar-refractivity contribution is 5.74. The summed E-state index contributed by atoms with van der Waals surface area (Å²) in [6.07, 6.45) is 2.47. The molecule has 0 fully saturated rings. The summed E-state index contributed by atoms with van der Waals surface area (Å²) in [5.74, 6) is 0.849. The van der Waals surface area contributed by atoms with Crippen LogP contribution in [0.25, 0.3) is 0 Å². The van der Waals surface area contributed by atoms with Crippen molar-refractivity contribution >= 4 is 6.03 Å². The van der Waals surface area contributed by atoms with E-state index in [1.165, 1.54) is 0 Å². The van der Waals surface area contributed by atoms with E-state index in [2.05, 4.69) is 10.3 Å². The lowest BCUT2D eigenvalue weighted by Gasteiger charge is -2.26. The van der Waals surface area contributed by atoms with Crippen LogP contribution in [-0.2, 0) is 13.0 Å². The van der Waals surface area contributed by atoms with Crippen molar-refractivity contribution < 1.29 is 9.53 Å². The molecule has 1 N–H and O–H groups in total. The number of nitrogens with one attached hydrogen (secondary N) is 1. The van der Waals surface area contributed by atoms with Gasteiger partial charge in [0.25, 0.3) is 0 Å². The molecular weight excluding hydrogens is 302 g/mol. The van der Waals surface area contributed by atoms with Crippen LogP contribution in [0.2, 0.25) is 0 Å². The number of ether oxygens (including phenoxy) is 1. The van der Waals surface area contributed by atoms with Gasteiger partial charge in [-0.15, -0.1) is 0 Å². The summed E-state index contributed by atoms with van der Waals surface area (Å²) in [6, 6.07) is 11.7. The zero-order valence-electron chi connectivity index (χ0n) is 14.7. The second-order valence-electron chi connectivity index (χ2n) is 5.90. The normalized spacial score (nSPS) is 11.7. The lowest BCUT2D eigenvalue weighted by molar-refractivity contribution is 0.193. The van der Waals surface area contributed by atoms with Gasteiger partial charge in [0, 0.05) is 19.3 Å². The molecule has 2 aromatic rings. The number of para-hydroxylation sites is 1. The van der Waals surface area contributed by atoms with Gasteiger partial charge >= 0.3 is 6.03 Å². The maximum absolute atomic E-state index is 12.4. The van der Waals surface area contributed by atoms with E-state index in [9.17, 15) is 4.79 Å². The van der Waals surface area contributed by atoms with Crippen LogP contribution in [-0.4, -0.2) is 36.1 Å². The molecule has 5 nitrogen and oxygen atoms in total. The fourth-order valence-electron chi connectivity index (χ4n) is 2.51. The number of hydrogen-bond acceptors (Lipinski definition) is 3. The minimum Gasteiger partial charge on any atom is -0.496 e. The molecule has 0 saturated carbocycles. The summed E-state index contributed by atoms with van der Waals surface area (Å²) in [5, 5.41) is 2.93. The van der Waals surface area contributed by atoms with E-state index in [4.69, 9.17) is 4.74 Å². The molecule has 1 heterocycles. The third kappa shape index (κ3) is 4.47. The summed E-state index contributed by atoms with van der Waals surface area (Å²) in [4.78, 5) is 18.4. The summed E-state index contributed by atoms with van der Waals surface area (Å²) < 4.78 is 5.38. The van der Waals surface area contributed by atoms with Gasteiger partial charge in [-0.3, -0.25) is 4.98 Å². The molecule has 2 amide bonds. The van der Waals surface area contributed by atoms with Gasteiger partial charge in [0.15, 0.2) is 0 Å². The van der Waals surface area contributed by atoms with Crippen molar-refractivity contribution in [2.75, 3.05) is 14.2 Å². The van der Waals surface area contributed by atoms with Gasteiger partial charge in [0.2, 0.25) is 0 Å². The molecule has 0 spiro atoms. The molecule has 128 valence electrons. The van der Waals surface area contributed by atoms with Gasteiger partial charge in [-0.05, 0) is 43.5 Å². The Morgan fingerprint density at radius 2 is 2.04 bits per heavy atom. The van der Waals surface area contributed by atoms with Crippen molar-refractivity contribution in [2.45, 2.75) is 32.9 Å². The fourth-order valence-corrected chi connectivity index (χ4v) is 2.51. The van der Waals surface area contributed by atoms with Crippen molar-refractivity contribution in [1.82, 2.24) is 15.2 Å². The minimum absolute atomic E-state index is 0.0473. The smallest absolute Gasteiger partial charge is 0.317 e. The predicted molar refractivity (Wildman–Crippen MR) is 95.1 cm³/mol. The van der Waals surface area contributed by atoms with Crippen LogP contribution >= 0.6 is 0 Å². The Labute approximate surface area is 143 Å². The maximum atomic E-state index is 12.4. The van der Waals surface area contributed by atoms with Gasteiger partial charge < -0.3 is 15.0 Å². The van der Waals surface area contributed by atoms with Crippen molar-refractivity contribution in [2.24, 2.45) is 0 Å². The lowest BCUT2D eigenvalue weighted by Crippen LogP contribution is -2.43. The highest BCUT2D eigenvalue weighted by Gasteiger charge is 2.17. The summed E-state index contributed by atoms with van der Waals surface area (Å²) in [5.41, 5.74) is 3.05. The second kappa shape index (κ2) is 8.34. The largest absolute Gasteiger partial charge is 0.496 e. The number of aromatic nitrogens is 1. The Kier molecular flexibility index (Phi) is 6.18. The number of rotatable bonds is 6. The van der Waals surface area contributed by atoms with Crippen LogP contribution in [0.5, 0.6) is 5.75 Å². The van der Waals surface area contributed by atoms with Crippen LogP contribution in [0, 0.1) is 6.92 Å². The number of benzene rings is 1. The summed E-state index contributed by atoms with van der Waals surface area (Å²) >= 11 is 0. The molecule has 5 heteroatoms. The highest BCUT2D eigenvalue weighted by Crippen LogP contribution is 2.20. The molecule has 0 aliphatic rings. The first-order chi connectivity index (χ1) is 11.5. The number of carbonyl (C=O) groups is 1. The van der Waals surface area contributed by atoms with E-state index in [0.717, 1.165) is 29.0 Å². The van der Waals surface area contributed by atoms with Crippen LogP contribution in [0.3, 0.4) is 0 Å². The molecule has 1 unspecified atom stereocenters. The number of carbonyl (C=O) groups excluding carboxylic acids is 1. The van der Waals surface area contributed by atoms with Crippen LogP contribution in [0.4, 0.5) is 4.79 Å². The first kappa shape index (κ1) is 17.8. The topological polar surface area (TPSA) is 54.5 Å². The molecule has 0 aliphatic heterocycles.